The van der Waals surface area contributed by atoms with Crippen molar-refractivity contribution < 1.29 is 0 Å². The summed E-state index contributed by atoms with van der Waals surface area (Å²) in [5, 5.41) is 0. The van der Waals surface area contributed by atoms with Gasteiger partial charge >= 0.3 is 0 Å². The lowest BCUT2D eigenvalue weighted by Crippen LogP contribution is -2.17. The minimum absolute atomic E-state index is 0.818. The fourth-order valence-electron chi connectivity index (χ4n) is 1.82. The van der Waals surface area contributed by atoms with Crippen LogP contribution in [0.25, 0.3) is 0 Å². The first kappa shape index (κ1) is 13.1. The maximum absolute atomic E-state index is 4.39. The Kier molecular flexibility index (Phi) is 4.37. The molecule has 0 saturated carbocycles. The summed E-state index contributed by atoms with van der Waals surface area (Å²) in [5.41, 5.74) is 3.66. The van der Waals surface area contributed by atoms with E-state index in [9.17, 15) is 0 Å². The maximum Gasteiger partial charge on any atom is 0.0598 e. The third kappa shape index (κ3) is 3.33. The van der Waals surface area contributed by atoms with Crippen LogP contribution < -0.4 is 4.90 Å². The second-order valence-electron chi connectivity index (χ2n) is 4.34. The van der Waals surface area contributed by atoms with E-state index in [0.717, 1.165) is 23.1 Å². The van der Waals surface area contributed by atoms with E-state index >= 15 is 0 Å². The Bertz CT molecular complexity index is 491. The molecule has 0 atom stereocenters. The lowest BCUT2D eigenvalue weighted by molar-refractivity contribution is 0.883. The average molecular weight is 305 g/mol. The summed E-state index contributed by atoms with van der Waals surface area (Å²) in [7, 11) is 2.09. The minimum atomic E-state index is 0.818. The SMILES string of the molecule is CCc1ccc(N(C)Cc2ccc(Br)cn2)cc1. The van der Waals surface area contributed by atoms with Gasteiger partial charge in [-0.1, -0.05) is 19.1 Å². The van der Waals surface area contributed by atoms with Crippen LogP contribution in [0.3, 0.4) is 0 Å². The van der Waals surface area contributed by atoms with Crippen molar-refractivity contribution >= 4 is 21.6 Å². The van der Waals surface area contributed by atoms with Gasteiger partial charge in [0.15, 0.2) is 0 Å². The molecule has 1 aromatic carbocycles. The quantitative estimate of drug-likeness (QED) is 0.847. The van der Waals surface area contributed by atoms with E-state index in [1.807, 2.05) is 18.3 Å². The average Bonchev–Trinajstić information content (AvgIpc) is 2.41. The van der Waals surface area contributed by atoms with E-state index in [0.29, 0.717) is 0 Å². The van der Waals surface area contributed by atoms with Crippen LogP contribution in [0.1, 0.15) is 18.2 Å². The number of halogens is 1. The van der Waals surface area contributed by atoms with Crippen LogP contribution in [0.4, 0.5) is 5.69 Å². The third-order valence-electron chi connectivity index (χ3n) is 2.97. The molecule has 1 heterocycles. The van der Waals surface area contributed by atoms with E-state index in [1.54, 1.807) is 0 Å². The molecule has 0 spiro atoms. The minimum Gasteiger partial charge on any atom is -0.369 e. The van der Waals surface area contributed by atoms with Crippen molar-refractivity contribution in [2.75, 3.05) is 11.9 Å². The van der Waals surface area contributed by atoms with Gasteiger partial charge in [0.2, 0.25) is 0 Å². The summed E-state index contributed by atoms with van der Waals surface area (Å²) in [6, 6.07) is 12.8. The summed E-state index contributed by atoms with van der Waals surface area (Å²) < 4.78 is 1.02. The molecule has 0 saturated heterocycles. The Hall–Kier alpha value is -1.35. The first-order chi connectivity index (χ1) is 8.69. The maximum atomic E-state index is 4.39. The van der Waals surface area contributed by atoms with Crippen molar-refractivity contribution in [2.45, 2.75) is 19.9 Å². The van der Waals surface area contributed by atoms with E-state index in [1.165, 1.54) is 11.3 Å². The van der Waals surface area contributed by atoms with E-state index < -0.39 is 0 Å². The molecule has 2 nitrogen and oxygen atoms in total. The van der Waals surface area contributed by atoms with Crippen LogP contribution in [-0.4, -0.2) is 12.0 Å². The zero-order chi connectivity index (χ0) is 13.0. The van der Waals surface area contributed by atoms with Crippen molar-refractivity contribution in [3.63, 3.8) is 0 Å². The van der Waals surface area contributed by atoms with E-state index in [2.05, 4.69) is 64.1 Å². The standard InChI is InChI=1S/C15H17BrN2/c1-3-12-4-8-15(9-5-12)18(2)11-14-7-6-13(16)10-17-14/h4-10H,3,11H2,1-2H3. The molecule has 0 aliphatic carbocycles. The number of aromatic nitrogens is 1. The Morgan fingerprint density at radius 1 is 1.11 bits per heavy atom. The summed E-state index contributed by atoms with van der Waals surface area (Å²) in [4.78, 5) is 6.59. The van der Waals surface area contributed by atoms with Gasteiger partial charge in [-0.2, -0.15) is 0 Å². The predicted octanol–water partition coefficient (Wildman–Crippen LogP) is 4.04. The molecule has 2 rings (SSSR count). The van der Waals surface area contributed by atoms with Crippen molar-refractivity contribution in [1.29, 1.82) is 0 Å². The monoisotopic (exact) mass is 304 g/mol. The number of hydrogen-bond acceptors (Lipinski definition) is 2. The second kappa shape index (κ2) is 6.01. The normalized spacial score (nSPS) is 10.4. The van der Waals surface area contributed by atoms with Crippen LogP contribution in [0.5, 0.6) is 0 Å². The highest BCUT2D eigenvalue weighted by Gasteiger charge is 2.03. The molecule has 0 fully saturated rings. The van der Waals surface area contributed by atoms with Gasteiger partial charge in [-0.25, -0.2) is 0 Å². The van der Waals surface area contributed by atoms with Crippen molar-refractivity contribution in [3.8, 4) is 0 Å². The molecule has 0 bridgehead atoms. The molecule has 0 unspecified atom stereocenters. The predicted molar refractivity (Wildman–Crippen MR) is 79.9 cm³/mol. The summed E-state index contributed by atoms with van der Waals surface area (Å²) in [5.74, 6) is 0. The summed E-state index contributed by atoms with van der Waals surface area (Å²) in [6.45, 7) is 2.99. The third-order valence-corrected chi connectivity index (χ3v) is 3.44. The Morgan fingerprint density at radius 2 is 1.83 bits per heavy atom. The molecule has 94 valence electrons. The molecule has 1 aromatic heterocycles. The van der Waals surface area contributed by atoms with Gasteiger partial charge in [-0.05, 0) is 52.2 Å². The number of hydrogen-bond donors (Lipinski definition) is 0. The van der Waals surface area contributed by atoms with Crippen molar-refractivity contribution in [1.82, 2.24) is 4.98 Å². The molecule has 0 amide bonds. The van der Waals surface area contributed by atoms with Gasteiger partial charge < -0.3 is 4.90 Å². The number of benzene rings is 1. The number of anilines is 1. The number of aryl methyl sites for hydroxylation is 1. The van der Waals surface area contributed by atoms with Crippen molar-refractivity contribution in [3.05, 3.63) is 58.3 Å². The summed E-state index contributed by atoms with van der Waals surface area (Å²) >= 11 is 3.40. The molecule has 0 radical (unpaired) electrons. The molecule has 0 aliphatic heterocycles. The number of rotatable bonds is 4. The molecule has 2 aromatic rings. The first-order valence-corrected chi connectivity index (χ1v) is 6.89. The number of pyridine rings is 1. The highest BCUT2D eigenvalue weighted by atomic mass is 79.9. The fourth-order valence-corrected chi connectivity index (χ4v) is 2.05. The molecule has 18 heavy (non-hydrogen) atoms. The van der Waals surface area contributed by atoms with Gasteiger partial charge in [0.05, 0.1) is 12.2 Å². The zero-order valence-electron chi connectivity index (χ0n) is 10.7. The van der Waals surface area contributed by atoms with Gasteiger partial charge in [0.1, 0.15) is 0 Å². The smallest absolute Gasteiger partial charge is 0.0598 e. The lowest BCUT2D eigenvalue weighted by Gasteiger charge is -2.19. The van der Waals surface area contributed by atoms with Crippen LogP contribution in [0.2, 0.25) is 0 Å². The topological polar surface area (TPSA) is 16.1 Å². The van der Waals surface area contributed by atoms with E-state index in [4.69, 9.17) is 0 Å². The van der Waals surface area contributed by atoms with Crippen LogP contribution in [-0.2, 0) is 13.0 Å². The zero-order valence-corrected chi connectivity index (χ0v) is 12.3. The van der Waals surface area contributed by atoms with Gasteiger partial charge in [-0.15, -0.1) is 0 Å². The largest absolute Gasteiger partial charge is 0.369 e. The molecular weight excluding hydrogens is 288 g/mol. The van der Waals surface area contributed by atoms with Gasteiger partial charge in [0, 0.05) is 23.4 Å². The highest BCUT2D eigenvalue weighted by molar-refractivity contribution is 9.10. The van der Waals surface area contributed by atoms with Gasteiger partial charge in [0.25, 0.3) is 0 Å². The Balaban J connectivity index is 2.06. The van der Waals surface area contributed by atoms with E-state index in [-0.39, 0.29) is 0 Å². The molecular formula is C15H17BrN2. The molecule has 0 aliphatic rings. The Labute approximate surface area is 117 Å². The van der Waals surface area contributed by atoms with Crippen LogP contribution in [0, 0.1) is 0 Å². The van der Waals surface area contributed by atoms with Crippen LogP contribution in [0.15, 0.2) is 47.1 Å². The molecule has 3 heteroatoms. The van der Waals surface area contributed by atoms with Crippen molar-refractivity contribution in [2.24, 2.45) is 0 Å². The van der Waals surface area contributed by atoms with Crippen LogP contribution >= 0.6 is 15.9 Å². The lowest BCUT2D eigenvalue weighted by atomic mass is 10.1. The number of nitrogens with zero attached hydrogens (tertiary/aromatic N) is 2. The molecule has 0 N–H and O–H groups in total. The fraction of sp³-hybridized carbons (Fsp3) is 0.267. The second-order valence-corrected chi connectivity index (χ2v) is 5.26. The Morgan fingerprint density at radius 3 is 2.39 bits per heavy atom. The highest BCUT2D eigenvalue weighted by Crippen LogP contribution is 2.16. The van der Waals surface area contributed by atoms with Gasteiger partial charge in [-0.3, -0.25) is 4.98 Å². The first-order valence-electron chi connectivity index (χ1n) is 6.09. The summed E-state index contributed by atoms with van der Waals surface area (Å²) in [6.07, 6.45) is 2.92.